The Bertz CT molecular complexity index is 1300. The maximum atomic E-state index is 13.4. The second-order valence-corrected chi connectivity index (χ2v) is 9.17. The lowest BCUT2D eigenvalue weighted by Crippen LogP contribution is -2.17. The van der Waals surface area contributed by atoms with E-state index >= 15 is 0 Å². The highest BCUT2D eigenvalue weighted by atomic mass is 32.1. The Morgan fingerprint density at radius 1 is 1.24 bits per heavy atom. The van der Waals surface area contributed by atoms with Crippen molar-refractivity contribution in [1.29, 1.82) is 0 Å². The van der Waals surface area contributed by atoms with Crippen LogP contribution in [0.15, 0.2) is 52.9 Å². The topological polar surface area (TPSA) is 85.8 Å². The van der Waals surface area contributed by atoms with Crippen molar-refractivity contribution in [3.8, 4) is 0 Å². The normalized spacial score (nSPS) is 14.6. The molecule has 1 N–H and O–H groups in total. The molecule has 0 atom stereocenters. The Balaban J connectivity index is 1.24. The van der Waals surface area contributed by atoms with E-state index in [0.29, 0.717) is 23.3 Å². The van der Waals surface area contributed by atoms with Gasteiger partial charge >= 0.3 is 0 Å². The fourth-order valence-corrected chi connectivity index (χ4v) is 4.97. The lowest BCUT2D eigenvalue weighted by molar-refractivity contribution is 0.101. The van der Waals surface area contributed by atoms with Gasteiger partial charge in [0.25, 0.3) is 5.91 Å². The Kier molecular flexibility index (Phi) is 6.62. The van der Waals surface area contributed by atoms with Crippen molar-refractivity contribution in [1.82, 2.24) is 19.5 Å². The van der Waals surface area contributed by atoms with E-state index in [1.54, 1.807) is 29.0 Å². The van der Waals surface area contributed by atoms with E-state index in [-0.39, 0.29) is 5.91 Å². The van der Waals surface area contributed by atoms with E-state index in [0.717, 1.165) is 35.6 Å². The van der Waals surface area contributed by atoms with Gasteiger partial charge in [-0.15, -0.1) is 11.3 Å². The molecule has 7 nitrogen and oxygen atoms in total. The molecule has 0 aromatic carbocycles. The summed E-state index contributed by atoms with van der Waals surface area (Å²) in [4.78, 5) is 25.3. The maximum Gasteiger partial charge on any atom is 0.274 e. The molecule has 0 saturated heterocycles. The summed E-state index contributed by atoms with van der Waals surface area (Å²) in [5.74, 6) is 0.562. The van der Waals surface area contributed by atoms with E-state index in [9.17, 15) is 9.18 Å². The van der Waals surface area contributed by atoms with Gasteiger partial charge < -0.3 is 8.98 Å². The van der Waals surface area contributed by atoms with Crippen LogP contribution in [-0.2, 0) is 6.54 Å². The van der Waals surface area contributed by atoms with Crippen LogP contribution >= 0.6 is 11.3 Å². The minimum absolute atomic E-state index is 0.277. The number of amides is 1. The number of thiazole rings is 1. The molecule has 4 heterocycles. The Morgan fingerprint density at radius 3 is 2.97 bits per heavy atom. The Morgan fingerprint density at radius 2 is 2.12 bits per heavy atom. The van der Waals surface area contributed by atoms with Crippen LogP contribution in [0.25, 0.3) is 12.2 Å². The van der Waals surface area contributed by atoms with Crippen LogP contribution in [-0.4, -0.2) is 25.4 Å². The van der Waals surface area contributed by atoms with Gasteiger partial charge in [0.15, 0.2) is 11.5 Å². The number of carbonyl (C=O) groups excluding carboxylic acids is 1. The fourth-order valence-electron chi connectivity index (χ4n) is 4.30. The lowest BCUT2D eigenvalue weighted by Gasteiger charge is -2.19. The third-order valence-corrected chi connectivity index (χ3v) is 6.74. The van der Waals surface area contributed by atoms with Crippen molar-refractivity contribution in [2.45, 2.75) is 44.6 Å². The van der Waals surface area contributed by atoms with Gasteiger partial charge in [-0.3, -0.25) is 10.1 Å². The van der Waals surface area contributed by atoms with Crippen molar-refractivity contribution < 1.29 is 13.6 Å². The minimum Gasteiger partial charge on any atom is -0.448 e. The van der Waals surface area contributed by atoms with Gasteiger partial charge in [-0.2, -0.15) is 4.39 Å². The molecule has 1 saturated carbocycles. The smallest absolute Gasteiger partial charge is 0.274 e. The molecular weight excluding hydrogens is 453 g/mol. The summed E-state index contributed by atoms with van der Waals surface area (Å²) >= 11 is 1.35. The third kappa shape index (κ3) is 5.14. The Hall–Kier alpha value is -3.59. The second kappa shape index (κ2) is 10.1. The zero-order valence-electron chi connectivity index (χ0n) is 18.5. The van der Waals surface area contributed by atoms with Gasteiger partial charge in [0.2, 0.25) is 5.95 Å². The quantitative estimate of drug-likeness (QED) is 0.331. The maximum absolute atomic E-state index is 13.4. The van der Waals surface area contributed by atoms with Gasteiger partial charge in [-0.05, 0) is 54.8 Å². The molecule has 4 aromatic rings. The molecule has 5 rings (SSSR count). The zero-order chi connectivity index (χ0) is 23.3. The second-order valence-electron chi connectivity index (χ2n) is 8.31. The highest BCUT2D eigenvalue weighted by Gasteiger charge is 2.21. The van der Waals surface area contributed by atoms with Crippen molar-refractivity contribution >= 4 is 34.5 Å². The van der Waals surface area contributed by atoms with Crippen molar-refractivity contribution in [2.75, 3.05) is 5.32 Å². The molecule has 0 aliphatic heterocycles. The van der Waals surface area contributed by atoms with Gasteiger partial charge in [0, 0.05) is 30.2 Å². The van der Waals surface area contributed by atoms with E-state index in [1.165, 1.54) is 49.3 Å². The predicted octanol–water partition coefficient (Wildman–Crippen LogP) is 5.99. The van der Waals surface area contributed by atoms with E-state index < -0.39 is 5.95 Å². The van der Waals surface area contributed by atoms with Crippen molar-refractivity contribution in [3.63, 3.8) is 0 Å². The third-order valence-electron chi connectivity index (χ3n) is 5.96. The number of aromatic nitrogens is 4. The number of hydrogen-bond donors (Lipinski definition) is 1. The number of hydrogen-bond acceptors (Lipinski definition) is 6. The average molecular weight is 478 g/mol. The van der Waals surface area contributed by atoms with E-state index in [1.807, 2.05) is 17.5 Å². The first-order valence-electron chi connectivity index (χ1n) is 11.3. The van der Waals surface area contributed by atoms with Crippen LogP contribution in [0.4, 0.5) is 9.52 Å². The molecule has 9 heteroatoms. The molecule has 1 aliphatic carbocycles. The fraction of sp³-hybridized carbons (Fsp3) is 0.280. The number of halogens is 1. The highest BCUT2D eigenvalue weighted by Crippen LogP contribution is 2.34. The molecular formula is C25H24FN5O2S. The summed E-state index contributed by atoms with van der Waals surface area (Å²) < 4.78 is 20.8. The van der Waals surface area contributed by atoms with Crippen LogP contribution in [0.5, 0.6) is 0 Å². The molecule has 1 amide bonds. The number of nitrogens with zero attached hydrogens (tertiary/aromatic N) is 4. The molecule has 0 spiro atoms. The Labute approximate surface area is 200 Å². The monoisotopic (exact) mass is 477 g/mol. The number of anilines is 1. The first-order chi connectivity index (χ1) is 16.7. The van der Waals surface area contributed by atoms with Crippen LogP contribution < -0.4 is 5.32 Å². The minimum atomic E-state index is -0.546. The van der Waals surface area contributed by atoms with Gasteiger partial charge in [0.1, 0.15) is 17.1 Å². The van der Waals surface area contributed by atoms with Crippen LogP contribution in [0.2, 0.25) is 0 Å². The van der Waals surface area contributed by atoms with Gasteiger partial charge in [0.05, 0.1) is 5.69 Å². The molecule has 34 heavy (non-hydrogen) atoms. The molecule has 4 aromatic heterocycles. The summed E-state index contributed by atoms with van der Waals surface area (Å²) in [6.45, 7) is 0.363. The van der Waals surface area contributed by atoms with Crippen molar-refractivity contribution in [2.24, 2.45) is 0 Å². The number of oxazole rings is 1. The SMILES string of the molecule is O=C(Nc1nc(/C=C/c2ncoc2C2CCCCC2)cs1)c1cccn1Cc1ccnc(F)c1. The predicted molar refractivity (Wildman–Crippen MR) is 129 cm³/mol. The molecule has 0 bridgehead atoms. The number of nitrogens with one attached hydrogen (secondary N) is 1. The largest absolute Gasteiger partial charge is 0.448 e. The standard InChI is InChI=1S/C25H24FN5O2S/c26-22-13-17(10-11-27-22)14-31-12-4-7-21(31)24(32)30-25-29-19(15-34-25)8-9-20-23(33-16-28-20)18-5-2-1-3-6-18/h4,7-13,15-16,18H,1-3,5-6,14H2,(H,29,30,32)/b9-8+. The summed E-state index contributed by atoms with van der Waals surface area (Å²) in [5, 5.41) is 5.23. The summed E-state index contributed by atoms with van der Waals surface area (Å²) in [6.07, 6.45) is 14.5. The number of rotatable bonds is 7. The summed E-state index contributed by atoms with van der Waals surface area (Å²) in [6, 6.07) is 6.58. The number of pyridine rings is 1. The summed E-state index contributed by atoms with van der Waals surface area (Å²) in [7, 11) is 0. The highest BCUT2D eigenvalue weighted by molar-refractivity contribution is 7.14. The average Bonchev–Trinajstić information content (AvgIpc) is 3.59. The molecule has 1 fully saturated rings. The molecule has 1 aliphatic rings. The van der Waals surface area contributed by atoms with E-state index in [2.05, 4.69) is 20.3 Å². The first kappa shape index (κ1) is 22.2. The van der Waals surface area contributed by atoms with Gasteiger partial charge in [-0.1, -0.05) is 19.3 Å². The van der Waals surface area contributed by atoms with E-state index in [4.69, 9.17) is 4.42 Å². The lowest BCUT2D eigenvalue weighted by atomic mass is 9.87. The molecule has 0 radical (unpaired) electrons. The van der Waals surface area contributed by atoms with Crippen LogP contribution in [0.1, 0.15) is 71.2 Å². The summed E-state index contributed by atoms with van der Waals surface area (Å²) in [5.41, 5.74) is 2.76. The molecule has 174 valence electrons. The zero-order valence-corrected chi connectivity index (χ0v) is 19.3. The molecule has 0 unspecified atom stereocenters. The number of carbonyl (C=O) groups is 1. The van der Waals surface area contributed by atoms with Crippen LogP contribution in [0, 0.1) is 5.95 Å². The van der Waals surface area contributed by atoms with Crippen molar-refractivity contribution in [3.05, 3.63) is 82.8 Å². The van der Waals surface area contributed by atoms with Crippen LogP contribution in [0.3, 0.4) is 0 Å². The first-order valence-corrected chi connectivity index (χ1v) is 12.2. The van der Waals surface area contributed by atoms with Gasteiger partial charge in [-0.25, -0.2) is 15.0 Å².